The summed E-state index contributed by atoms with van der Waals surface area (Å²) in [5, 5.41) is 1.30. The number of hydrogen-bond donors (Lipinski definition) is 0. The molecule has 31 heavy (non-hydrogen) atoms. The molecule has 1 aliphatic heterocycles. The number of para-hydroxylation sites is 1. The van der Waals surface area contributed by atoms with E-state index in [1.807, 2.05) is 48.2 Å². The van der Waals surface area contributed by atoms with Gasteiger partial charge in [-0.25, -0.2) is 0 Å². The quantitative estimate of drug-likeness (QED) is 0.493. The van der Waals surface area contributed by atoms with E-state index in [9.17, 15) is 4.79 Å². The van der Waals surface area contributed by atoms with E-state index in [4.69, 9.17) is 32.4 Å². The van der Waals surface area contributed by atoms with E-state index in [2.05, 4.69) is 4.90 Å². The van der Waals surface area contributed by atoms with Crippen LogP contribution in [0.2, 0.25) is 10.0 Å². The summed E-state index contributed by atoms with van der Waals surface area (Å²) < 4.78 is 11.6. The minimum Gasteiger partial charge on any atom is -0.484 e. The van der Waals surface area contributed by atoms with Crippen LogP contribution in [0.1, 0.15) is 27.4 Å². The molecular formula is C24H24Cl2N2O3. The third kappa shape index (κ3) is 5.42. The number of halogens is 2. The molecule has 0 saturated carbocycles. The summed E-state index contributed by atoms with van der Waals surface area (Å²) in [5.41, 5.74) is 2.17. The van der Waals surface area contributed by atoms with Crippen molar-refractivity contribution >= 4 is 29.1 Å². The maximum Gasteiger partial charge on any atom is 0.289 e. The average molecular weight is 459 g/mol. The van der Waals surface area contributed by atoms with Gasteiger partial charge in [0.2, 0.25) is 0 Å². The van der Waals surface area contributed by atoms with Crippen LogP contribution in [-0.4, -0.2) is 41.9 Å². The van der Waals surface area contributed by atoms with Gasteiger partial charge in [-0.2, -0.15) is 0 Å². The molecule has 1 amide bonds. The molecule has 0 unspecified atom stereocenters. The van der Waals surface area contributed by atoms with Crippen molar-refractivity contribution in [1.82, 2.24) is 9.80 Å². The van der Waals surface area contributed by atoms with Crippen molar-refractivity contribution in [2.45, 2.75) is 20.1 Å². The molecule has 3 aromatic rings. The third-order valence-electron chi connectivity index (χ3n) is 5.37. The number of carbonyl (C=O) groups excluding carboxylic acids is 1. The molecule has 162 valence electrons. The van der Waals surface area contributed by atoms with Gasteiger partial charge in [-0.05, 0) is 48.4 Å². The van der Waals surface area contributed by atoms with Crippen LogP contribution in [0.5, 0.6) is 5.75 Å². The molecule has 0 atom stereocenters. The number of aryl methyl sites for hydroxylation is 1. The van der Waals surface area contributed by atoms with Crippen LogP contribution in [0.15, 0.2) is 59.0 Å². The Hall–Kier alpha value is -2.47. The number of carbonyl (C=O) groups is 1. The number of amides is 1. The first kappa shape index (κ1) is 21.8. The maximum absolute atomic E-state index is 12.8. The lowest BCUT2D eigenvalue weighted by Crippen LogP contribution is -2.48. The highest BCUT2D eigenvalue weighted by molar-refractivity contribution is 6.32. The number of benzene rings is 2. The van der Waals surface area contributed by atoms with E-state index < -0.39 is 0 Å². The normalized spacial score (nSPS) is 14.6. The first-order valence-electron chi connectivity index (χ1n) is 10.2. The summed E-state index contributed by atoms with van der Waals surface area (Å²) in [6.45, 7) is 5.96. The van der Waals surface area contributed by atoms with Crippen LogP contribution in [-0.2, 0) is 13.2 Å². The predicted octanol–water partition coefficient (Wildman–Crippen LogP) is 5.43. The molecule has 0 N–H and O–H groups in total. The molecule has 1 saturated heterocycles. The van der Waals surface area contributed by atoms with Gasteiger partial charge in [0, 0.05) is 37.7 Å². The molecule has 5 nitrogen and oxygen atoms in total. The predicted molar refractivity (Wildman–Crippen MR) is 122 cm³/mol. The molecule has 4 rings (SSSR count). The van der Waals surface area contributed by atoms with Crippen LogP contribution in [0.3, 0.4) is 0 Å². The summed E-state index contributed by atoms with van der Waals surface area (Å²) >= 11 is 12.1. The zero-order valence-corrected chi connectivity index (χ0v) is 18.8. The minimum absolute atomic E-state index is 0.0914. The molecule has 1 fully saturated rings. The first-order valence-corrected chi connectivity index (χ1v) is 11.0. The highest BCUT2D eigenvalue weighted by Gasteiger charge is 2.24. The SMILES string of the molecule is Cc1cccc(Cl)c1OCc1ccc(C(=O)N2CCN(Cc3ccc(Cl)cc3)CC2)o1. The molecular weight excluding hydrogens is 435 g/mol. The van der Waals surface area contributed by atoms with Crippen LogP contribution >= 0.6 is 23.2 Å². The number of furan rings is 1. The summed E-state index contributed by atoms with van der Waals surface area (Å²) in [6, 6.07) is 17.0. The van der Waals surface area contributed by atoms with Gasteiger partial charge < -0.3 is 14.1 Å². The van der Waals surface area contributed by atoms with E-state index in [1.54, 1.807) is 18.2 Å². The van der Waals surface area contributed by atoms with Crippen molar-refractivity contribution in [3.05, 3.63) is 87.3 Å². The minimum atomic E-state index is -0.0914. The fraction of sp³-hybridized carbons (Fsp3) is 0.292. The van der Waals surface area contributed by atoms with E-state index in [0.29, 0.717) is 35.4 Å². The summed E-state index contributed by atoms with van der Waals surface area (Å²) in [6.07, 6.45) is 0. The lowest BCUT2D eigenvalue weighted by Gasteiger charge is -2.34. The molecule has 2 aromatic carbocycles. The molecule has 0 radical (unpaired) electrons. The monoisotopic (exact) mass is 458 g/mol. The van der Waals surface area contributed by atoms with Crippen LogP contribution in [0.4, 0.5) is 0 Å². The van der Waals surface area contributed by atoms with Gasteiger partial charge in [0.05, 0.1) is 5.02 Å². The molecule has 1 aromatic heterocycles. The van der Waals surface area contributed by atoms with Crippen LogP contribution < -0.4 is 4.74 Å². The number of piperazine rings is 1. The summed E-state index contributed by atoms with van der Waals surface area (Å²) in [4.78, 5) is 17.0. The summed E-state index contributed by atoms with van der Waals surface area (Å²) in [5.74, 6) is 1.46. The highest BCUT2D eigenvalue weighted by Crippen LogP contribution is 2.29. The Morgan fingerprint density at radius 3 is 2.45 bits per heavy atom. The van der Waals surface area contributed by atoms with Crippen LogP contribution in [0.25, 0.3) is 0 Å². The second-order valence-electron chi connectivity index (χ2n) is 7.64. The fourth-order valence-electron chi connectivity index (χ4n) is 3.63. The Bertz CT molecular complexity index is 1020. The van der Waals surface area contributed by atoms with Gasteiger partial charge in [-0.15, -0.1) is 0 Å². The van der Waals surface area contributed by atoms with E-state index in [0.717, 1.165) is 30.2 Å². The maximum atomic E-state index is 12.8. The molecule has 1 aliphatic rings. The molecule has 0 aliphatic carbocycles. The van der Waals surface area contributed by atoms with Gasteiger partial charge in [-0.1, -0.05) is 47.5 Å². The van der Waals surface area contributed by atoms with Crippen molar-refractivity contribution < 1.29 is 13.9 Å². The number of ether oxygens (including phenoxy) is 1. The Morgan fingerprint density at radius 2 is 1.74 bits per heavy atom. The molecule has 7 heteroatoms. The molecule has 0 spiro atoms. The van der Waals surface area contributed by atoms with Gasteiger partial charge in [-0.3, -0.25) is 9.69 Å². The van der Waals surface area contributed by atoms with Gasteiger partial charge in [0.15, 0.2) is 5.76 Å². The smallest absolute Gasteiger partial charge is 0.289 e. The Balaban J connectivity index is 1.29. The lowest BCUT2D eigenvalue weighted by molar-refractivity contribution is 0.0594. The number of nitrogens with zero attached hydrogens (tertiary/aromatic N) is 2. The number of rotatable bonds is 6. The largest absolute Gasteiger partial charge is 0.484 e. The second kappa shape index (κ2) is 9.77. The van der Waals surface area contributed by atoms with Gasteiger partial charge in [0.1, 0.15) is 18.1 Å². The van der Waals surface area contributed by atoms with Gasteiger partial charge >= 0.3 is 0 Å². The zero-order valence-electron chi connectivity index (χ0n) is 17.3. The second-order valence-corrected chi connectivity index (χ2v) is 8.48. The van der Waals surface area contributed by atoms with E-state index in [1.165, 1.54) is 5.56 Å². The number of hydrogen-bond acceptors (Lipinski definition) is 4. The summed E-state index contributed by atoms with van der Waals surface area (Å²) in [7, 11) is 0. The Kier molecular flexibility index (Phi) is 6.86. The van der Waals surface area contributed by atoms with Crippen molar-refractivity contribution in [3.63, 3.8) is 0 Å². The van der Waals surface area contributed by atoms with E-state index in [-0.39, 0.29) is 12.5 Å². The van der Waals surface area contributed by atoms with Gasteiger partial charge in [0.25, 0.3) is 5.91 Å². The molecule has 0 bridgehead atoms. The Labute approximate surface area is 192 Å². The standard InChI is InChI=1S/C24H24Cl2N2O3/c1-17-3-2-4-21(26)23(17)30-16-20-9-10-22(31-20)24(29)28-13-11-27(12-14-28)15-18-5-7-19(25)8-6-18/h2-10H,11-16H2,1H3. The average Bonchev–Trinajstić information content (AvgIpc) is 3.24. The lowest BCUT2D eigenvalue weighted by atomic mass is 10.2. The van der Waals surface area contributed by atoms with Crippen LogP contribution in [0, 0.1) is 6.92 Å². The van der Waals surface area contributed by atoms with Crippen molar-refractivity contribution in [2.75, 3.05) is 26.2 Å². The molecule has 2 heterocycles. The van der Waals surface area contributed by atoms with Crippen molar-refractivity contribution in [1.29, 1.82) is 0 Å². The topological polar surface area (TPSA) is 45.9 Å². The fourth-order valence-corrected chi connectivity index (χ4v) is 4.03. The zero-order chi connectivity index (χ0) is 21.8. The van der Waals surface area contributed by atoms with Crippen molar-refractivity contribution in [3.8, 4) is 5.75 Å². The van der Waals surface area contributed by atoms with E-state index >= 15 is 0 Å². The third-order valence-corrected chi connectivity index (χ3v) is 5.92. The first-order chi connectivity index (χ1) is 15.0. The van der Waals surface area contributed by atoms with Crippen molar-refractivity contribution in [2.24, 2.45) is 0 Å². The highest BCUT2D eigenvalue weighted by atomic mass is 35.5. The Morgan fingerprint density at radius 1 is 1.00 bits per heavy atom.